The van der Waals surface area contributed by atoms with E-state index in [-0.39, 0.29) is 23.4 Å². The fourth-order valence-electron chi connectivity index (χ4n) is 6.76. The van der Waals surface area contributed by atoms with Crippen LogP contribution >= 0.6 is 0 Å². The van der Waals surface area contributed by atoms with Crippen LogP contribution in [0, 0.1) is 34.5 Å². The molecule has 5 nitrogen and oxygen atoms in total. The molecule has 6 atom stereocenters. The Morgan fingerprint density at radius 2 is 1.88 bits per heavy atom. The lowest BCUT2D eigenvalue weighted by Crippen LogP contribution is -2.65. The minimum Gasteiger partial charge on any atom is -0.390 e. The third-order valence-corrected chi connectivity index (χ3v) is 7.60. The number of hydrogen-bond acceptors (Lipinski definition) is 4. The molecule has 5 rings (SSSR count). The summed E-state index contributed by atoms with van der Waals surface area (Å²) in [6.07, 6.45) is 6.27. The summed E-state index contributed by atoms with van der Waals surface area (Å²) in [5.74, 6) is 1.28. The van der Waals surface area contributed by atoms with Gasteiger partial charge in [-0.2, -0.15) is 5.26 Å². The molecule has 3 N–H and O–H groups in total. The Kier molecular flexibility index (Phi) is 3.54. The number of rotatable bonds is 2. The Bertz CT molecular complexity index is 584. The minimum absolute atomic E-state index is 0.0604. The summed E-state index contributed by atoms with van der Waals surface area (Å²) in [5, 5.41) is 20.4. The van der Waals surface area contributed by atoms with Crippen molar-refractivity contribution in [1.29, 1.82) is 5.26 Å². The summed E-state index contributed by atoms with van der Waals surface area (Å²) in [7, 11) is 0. The summed E-state index contributed by atoms with van der Waals surface area (Å²) in [4.78, 5) is 15.0. The van der Waals surface area contributed by atoms with Crippen molar-refractivity contribution in [3.8, 4) is 6.07 Å². The number of nitrogens with zero attached hydrogens (tertiary/aromatic N) is 2. The van der Waals surface area contributed by atoms with Crippen molar-refractivity contribution in [3.05, 3.63) is 0 Å². The molecule has 24 heavy (non-hydrogen) atoms. The zero-order chi connectivity index (χ0) is 17.3. The second-order valence-electron chi connectivity index (χ2n) is 9.37. The first kappa shape index (κ1) is 16.4. The van der Waals surface area contributed by atoms with E-state index in [2.05, 4.69) is 13.0 Å². The molecule has 0 aromatic rings. The smallest absolute Gasteiger partial charge is 0.241 e. The molecule has 1 heterocycles. The Morgan fingerprint density at radius 1 is 1.25 bits per heavy atom. The van der Waals surface area contributed by atoms with E-state index in [1.54, 1.807) is 4.90 Å². The first-order valence-corrected chi connectivity index (χ1v) is 9.47. The summed E-state index contributed by atoms with van der Waals surface area (Å²) < 4.78 is 0. The van der Waals surface area contributed by atoms with Gasteiger partial charge in [-0.1, -0.05) is 6.92 Å². The number of nitrogens with two attached hydrogens (primary N) is 1. The van der Waals surface area contributed by atoms with Crippen LogP contribution in [0.3, 0.4) is 0 Å². The molecule has 132 valence electrons. The highest BCUT2D eigenvalue weighted by Gasteiger charge is 2.61. The average molecular weight is 331 g/mol. The van der Waals surface area contributed by atoms with E-state index in [0.29, 0.717) is 24.2 Å². The highest BCUT2D eigenvalue weighted by molar-refractivity contribution is 5.84. The predicted molar refractivity (Wildman–Crippen MR) is 89.5 cm³/mol. The molecule has 4 aliphatic carbocycles. The molecule has 5 heteroatoms. The lowest BCUT2D eigenvalue weighted by atomic mass is 9.46. The number of nitriles is 1. The summed E-state index contributed by atoms with van der Waals surface area (Å²) >= 11 is 0. The lowest BCUT2D eigenvalue weighted by Gasteiger charge is -2.61. The summed E-state index contributed by atoms with van der Waals surface area (Å²) in [5.41, 5.74) is 5.69. The second kappa shape index (κ2) is 5.19. The number of amides is 1. The van der Waals surface area contributed by atoms with Crippen molar-refractivity contribution < 1.29 is 9.90 Å². The molecule has 0 aromatic heterocycles. The van der Waals surface area contributed by atoms with Crippen LogP contribution in [0.5, 0.6) is 0 Å². The Labute approximate surface area is 144 Å². The van der Waals surface area contributed by atoms with Gasteiger partial charge in [0.05, 0.1) is 17.7 Å². The van der Waals surface area contributed by atoms with Crippen LogP contribution in [0.25, 0.3) is 0 Å². The summed E-state index contributed by atoms with van der Waals surface area (Å²) in [6.45, 7) is 4.13. The van der Waals surface area contributed by atoms with Gasteiger partial charge in [-0.15, -0.1) is 0 Å². The van der Waals surface area contributed by atoms with Crippen LogP contribution < -0.4 is 5.73 Å². The number of carbonyl (C=O) groups excluding carboxylic acids is 1. The SMILES string of the molecule is C[C@H]1C[C@@H](C#N)N(C(=O)[C@@H](N)C23CC4CC(CC(O)(C4)C2)C3)[C@H]1C. The van der Waals surface area contributed by atoms with Crippen molar-refractivity contribution in [2.75, 3.05) is 0 Å². The molecule has 2 unspecified atom stereocenters. The molecule has 1 aliphatic heterocycles. The Balaban J connectivity index is 1.61. The largest absolute Gasteiger partial charge is 0.390 e. The third kappa shape index (κ3) is 2.23. The lowest BCUT2D eigenvalue weighted by molar-refractivity contribution is -0.177. The molecule has 0 spiro atoms. The summed E-state index contributed by atoms with van der Waals surface area (Å²) in [6, 6.07) is 1.41. The molecule has 4 saturated carbocycles. The molecule has 0 radical (unpaired) electrons. The zero-order valence-electron chi connectivity index (χ0n) is 14.7. The van der Waals surface area contributed by atoms with Gasteiger partial charge in [0.15, 0.2) is 0 Å². The van der Waals surface area contributed by atoms with Crippen molar-refractivity contribution >= 4 is 5.91 Å². The molecule has 5 fully saturated rings. The topological polar surface area (TPSA) is 90.4 Å². The maximum absolute atomic E-state index is 13.3. The monoisotopic (exact) mass is 331 g/mol. The Morgan fingerprint density at radius 3 is 2.42 bits per heavy atom. The van der Waals surface area contributed by atoms with Gasteiger partial charge in [-0.25, -0.2) is 0 Å². The van der Waals surface area contributed by atoms with Gasteiger partial charge in [-0.3, -0.25) is 4.79 Å². The number of likely N-dealkylation sites (tertiary alicyclic amines) is 1. The molecule has 4 bridgehead atoms. The van der Waals surface area contributed by atoms with Crippen molar-refractivity contribution in [2.45, 2.75) is 82.5 Å². The van der Waals surface area contributed by atoms with Gasteiger partial charge in [0.25, 0.3) is 0 Å². The van der Waals surface area contributed by atoms with E-state index in [1.807, 2.05) is 6.92 Å². The van der Waals surface area contributed by atoms with Gasteiger partial charge in [-0.05, 0) is 75.0 Å². The quantitative estimate of drug-likeness (QED) is 0.807. The van der Waals surface area contributed by atoms with E-state index in [0.717, 1.165) is 32.1 Å². The van der Waals surface area contributed by atoms with Crippen molar-refractivity contribution in [3.63, 3.8) is 0 Å². The number of hydrogen-bond donors (Lipinski definition) is 2. The van der Waals surface area contributed by atoms with Gasteiger partial charge in [0.2, 0.25) is 5.91 Å². The average Bonchev–Trinajstić information content (AvgIpc) is 2.78. The number of carbonyl (C=O) groups is 1. The molecule has 5 aliphatic rings. The van der Waals surface area contributed by atoms with E-state index in [4.69, 9.17) is 5.73 Å². The van der Waals surface area contributed by atoms with E-state index in [9.17, 15) is 15.2 Å². The molecule has 0 aromatic carbocycles. The standard InChI is InChI=1S/C19H29N3O2/c1-11-3-15(9-20)22(12(11)2)17(23)16(21)18-5-13-4-14(6-18)8-19(24,7-13)10-18/h11-16,24H,3-8,10,21H2,1-2H3/t11-,12-,13?,14?,15-,16+,18?,19?/m0/s1. The fourth-order valence-corrected chi connectivity index (χ4v) is 6.76. The van der Waals surface area contributed by atoms with Gasteiger partial charge < -0.3 is 15.7 Å². The minimum atomic E-state index is -0.611. The first-order valence-electron chi connectivity index (χ1n) is 9.47. The van der Waals surface area contributed by atoms with Gasteiger partial charge in [0.1, 0.15) is 6.04 Å². The maximum atomic E-state index is 13.3. The number of aliphatic hydroxyl groups is 1. The zero-order valence-corrected chi connectivity index (χ0v) is 14.7. The maximum Gasteiger partial charge on any atom is 0.241 e. The van der Waals surface area contributed by atoms with E-state index < -0.39 is 11.6 Å². The van der Waals surface area contributed by atoms with E-state index >= 15 is 0 Å². The Hall–Kier alpha value is -1.12. The van der Waals surface area contributed by atoms with E-state index in [1.165, 1.54) is 6.42 Å². The first-order chi connectivity index (χ1) is 11.3. The van der Waals surface area contributed by atoms with Crippen LogP contribution in [-0.2, 0) is 4.79 Å². The highest BCUT2D eigenvalue weighted by Crippen LogP contribution is 2.62. The third-order valence-electron chi connectivity index (χ3n) is 7.60. The van der Waals surface area contributed by atoms with Crippen LogP contribution in [0.15, 0.2) is 0 Å². The fraction of sp³-hybridized carbons (Fsp3) is 0.895. The van der Waals surface area contributed by atoms with Gasteiger partial charge in [0, 0.05) is 6.04 Å². The van der Waals surface area contributed by atoms with Crippen LogP contribution in [0.1, 0.15) is 58.8 Å². The molecule has 1 amide bonds. The van der Waals surface area contributed by atoms with Crippen LogP contribution in [0.2, 0.25) is 0 Å². The highest BCUT2D eigenvalue weighted by atomic mass is 16.3. The normalized spacial score (nSPS) is 50.8. The predicted octanol–water partition coefficient (Wildman–Crippen LogP) is 1.79. The van der Waals surface area contributed by atoms with Crippen molar-refractivity contribution in [2.24, 2.45) is 28.9 Å². The van der Waals surface area contributed by atoms with Gasteiger partial charge >= 0.3 is 0 Å². The second-order valence-corrected chi connectivity index (χ2v) is 9.37. The van der Waals surface area contributed by atoms with Crippen LogP contribution in [0.4, 0.5) is 0 Å². The van der Waals surface area contributed by atoms with Crippen LogP contribution in [-0.4, -0.2) is 39.6 Å². The van der Waals surface area contributed by atoms with Crippen molar-refractivity contribution in [1.82, 2.24) is 4.90 Å². The molecule has 1 saturated heterocycles. The molecular formula is C19H29N3O2. The molecular weight excluding hydrogens is 302 g/mol.